The monoisotopic (exact) mass is 500 g/mol. The molecule has 1 saturated heterocycles. The quantitative estimate of drug-likeness (QED) is 0.576. The predicted octanol–water partition coefficient (Wildman–Crippen LogP) is 4.06. The first-order chi connectivity index (χ1) is 15.1. The van der Waals surface area contributed by atoms with Crippen LogP contribution in [-0.2, 0) is 16.0 Å². The van der Waals surface area contributed by atoms with Crippen LogP contribution >= 0.6 is 0 Å². The SMILES string of the molecule is C[C@@H](Oc1ccc(S(C)(=O)=O)cc1C(=O)N1CCC(c2ncc(C(F)(F)F)o2)C1)C(F)(F)F. The fourth-order valence-electron chi connectivity index (χ4n) is 3.19. The number of benzene rings is 1. The number of hydrogen-bond donors (Lipinski definition) is 0. The molecule has 33 heavy (non-hydrogen) atoms. The van der Waals surface area contributed by atoms with Crippen LogP contribution in [0.3, 0.4) is 0 Å². The highest BCUT2D eigenvalue weighted by molar-refractivity contribution is 7.90. The van der Waals surface area contributed by atoms with Gasteiger partial charge in [0.05, 0.1) is 22.6 Å². The number of ether oxygens (including phenoxy) is 1. The van der Waals surface area contributed by atoms with Gasteiger partial charge in [0.25, 0.3) is 5.91 Å². The smallest absolute Gasteiger partial charge is 0.451 e. The highest BCUT2D eigenvalue weighted by Gasteiger charge is 2.40. The number of hydrogen-bond acceptors (Lipinski definition) is 6. The molecule has 0 aliphatic carbocycles. The number of amides is 1. The van der Waals surface area contributed by atoms with Gasteiger partial charge < -0.3 is 14.1 Å². The van der Waals surface area contributed by atoms with Crippen LogP contribution in [0.15, 0.2) is 33.7 Å². The number of alkyl halides is 6. The Bertz CT molecular complexity index is 1140. The first-order valence-corrected chi connectivity index (χ1v) is 11.4. The summed E-state index contributed by atoms with van der Waals surface area (Å²) in [7, 11) is -3.80. The van der Waals surface area contributed by atoms with E-state index in [0.717, 1.165) is 36.3 Å². The molecule has 0 N–H and O–H groups in total. The van der Waals surface area contributed by atoms with Crippen LogP contribution in [0.2, 0.25) is 0 Å². The molecule has 1 fully saturated rings. The molecule has 14 heteroatoms. The fraction of sp³-hybridized carbons (Fsp3) is 0.474. The van der Waals surface area contributed by atoms with Crippen LogP contribution in [0.4, 0.5) is 26.3 Å². The van der Waals surface area contributed by atoms with Crippen molar-refractivity contribution in [2.75, 3.05) is 19.3 Å². The van der Waals surface area contributed by atoms with E-state index in [2.05, 4.69) is 4.98 Å². The van der Waals surface area contributed by atoms with E-state index < -0.39 is 57.2 Å². The lowest BCUT2D eigenvalue weighted by Crippen LogP contribution is -2.33. The summed E-state index contributed by atoms with van der Waals surface area (Å²) in [6.45, 7) is 0.629. The van der Waals surface area contributed by atoms with Crippen molar-refractivity contribution in [1.29, 1.82) is 0 Å². The fourth-order valence-corrected chi connectivity index (χ4v) is 3.84. The molecule has 3 rings (SSSR count). The molecule has 2 atom stereocenters. The molecule has 7 nitrogen and oxygen atoms in total. The van der Waals surface area contributed by atoms with Crippen LogP contribution < -0.4 is 4.74 Å². The maximum absolute atomic E-state index is 13.1. The predicted molar refractivity (Wildman–Crippen MR) is 100 cm³/mol. The number of aromatic nitrogens is 1. The minimum atomic E-state index is -4.74. The Balaban J connectivity index is 1.88. The molecule has 1 unspecified atom stereocenters. The van der Waals surface area contributed by atoms with Crippen LogP contribution in [0, 0.1) is 0 Å². The van der Waals surface area contributed by atoms with E-state index in [1.807, 2.05) is 0 Å². The van der Waals surface area contributed by atoms with Gasteiger partial charge in [0.1, 0.15) is 5.75 Å². The molecule has 2 heterocycles. The second-order valence-electron chi connectivity index (χ2n) is 7.53. The summed E-state index contributed by atoms with van der Waals surface area (Å²) in [5.74, 6) is -3.52. The molecule has 0 radical (unpaired) electrons. The third kappa shape index (κ3) is 5.60. The summed E-state index contributed by atoms with van der Waals surface area (Å²) in [6, 6.07) is 2.89. The summed E-state index contributed by atoms with van der Waals surface area (Å²) in [5.41, 5.74) is -0.418. The van der Waals surface area contributed by atoms with Crippen LogP contribution in [-0.4, -0.2) is 55.8 Å². The third-order valence-corrected chi connectivity index (χ3v) is 6.11. The Morgan fingerprint density at radius 3 is 2.45 bits per heavy atom. The second-order valence-corrected chi connectivity index (χ2v) is 9.54. The van der Waals surface area contributed by atoms with E-state index in [1.165, 1.54) is 0 Å². The van der Waals surface area contributed by atoms with Gasteiger partial charge in [0.15, 0.2) is 21.8 Å². The Morgan fingerprint density at radius 2 is 1.91 bits per heavy atom. The molecular weight excluding hydrogens is 482 g/mol. The second kappa shape index (κ2) is 8.54. The van der Waals surface area contributed by atoms with Gasteiger partial charge in [-0.1, -0.05) is 0 Å². The van der Waals surface area contributed by atoms with Crippen molar-refractivity contribution < 1.29 is 48.7 Å². The van der Waals surface area contributed by atoms with Crippen molar-refractivity contribution >= 4 is 15.7 Å². The van der Waals surface area contributed by atoms with Gasteiger partial charge in [0.2, 0.25) is 5.76 Å². The molecule has 0 spiro atoms. The normalized spacial score (nSPS) is 18.4. The molecule has 182 valence electrons. The number of halogens is 6. The Morgan fingerprint density at radius 1 is 1.24 bits per heavy atom. The van der Waals surface area contributed by atoms with Crippen molar-refractivity contribution in [2.24, 2.45) is 0 Å². The summed E-state index contributed by atoms with van der Waals surface area (Å²) in [4.78, 5) is 17.5. The lowest BCUT2D eigenvalue weighted by molar-refractivity contribution is -0.189. The van der Waals surface area contributed by atoms with Gasteiger partial charge in [-0.2, -0.15) is 26.3 Å². The lowest BCUT2D eigenvalue weighted by Gasteiger charge is -2.22. The minimum absolute atomic E-state index is 0.0323. The number of carbonyl (C=O) groups excluding carboxylic acids is 1. The van der Waals surface area contributed by atoms with Gasteiger partial charge in [-0.25, -0.2) is 13.4 Å². The topological polar surface area (TPSA) is 89.7 Å². The number of oxazole rings is 1. The molecule has 0 bridgehead atoms. The summed E-state index contributed by atoms with van der Waals surface area (Å²) < 4.78 is 110. The van der Waals surface area contributed by atoms with Gasteiger partial charge in [-0.15, -0.1) is 0 Å². The Hall–Kier alpha value is -2.77. The van der Waals surface area contributed by atoms with Crippen LogP contribution in [0.5, 0.6) is 5.75 Å². The van der Waals surface area contributed by atoms with E-state index >= 15 is 0 Å². The Kier molecular flexibility index (Phi) is 6.43. The molecule has 1 aromatic heterocycles. The molecular formula is C19H18F6N2O5S. The zero-order valence-corrected chi connectivity index (χ0v) is 18.0. The first kappa shape index (κ1) is 24.9. The van der Waals surface area contributed by atoms with Gasteiger partial charge in [0, 0.05) is 19.3 Å². The Labute approximate surface area is 184 Å². The molecule has 1 amide bonds. The maximum atomic E-state index is 13.1. The lowest BCUT2D eigenvalue weighted by atomic mass is 10.1. The van der Waals surface area contributed by atoms with Crippen LogP contribution in [0.25, 0.3) is 0 Å². The average Bonchev–Trinajstić information content (AvgIpc) is 3.35. The van der Waals surface area contributed by atoms with Gasteiger partial charge in [-0.3, -0.25) is 4.79 Å². The molecule has 2 aromatic rings. The number of sulfone groups is 1. The zero-order valence-electron chi connectivity index (χ0n) is 17.2. The molecule has 1 aromatic carbocycles. The largest absolute Gasteiger partial charge is 0.480 e. The van der Waals surface area contributed by atoms with Crippen molar-refractivity contribution in [3.8, 4) is 5.75 Å². The number of rotatable bonds is 5. The number of likely N-dealkylation sites (tertiary alicyclic amines) is 1. The summed E-state index contributed by atoms with van der Waals surface area (Å²) in [6.07, 6.45) is -10.2. The minimum Gasteiger partial charge on any atom is -0.480 e. The van der Waals surface area contributed by atoms with Gasteiger partial charge in [-0.05, 0) is 31.5 Å². The molecule has 0 saturated carbocycles. The van der Waals surface area contributed by atoms with Crippen molar-refractivity contribution in [2.45, 2.75) is 42.6 Å². The van der Waals surface area contributed by atoms with E-state index in [4.69, 9.17) is 9.15 Å². The number of carbonyl (C=O) groups is 1. The zero-order chi connectivity index (χ0) is 24.8. The van der Waals surface area contributed by atoms with Crippen molar-refractivity contribution in [3.05, 3.63) is 41.6 Å². The standard InChI is InChI=1S/C19H18F6N2O5S/c1-10(18(20,21)22)31-14-4-3-12(33(2,29)30)7-13(14)17(28)27-6-5-11(9-27)16-26-8-15(32-16)19(23,24)25/h3-4,7-8,10-11H,5-6,9H2,1-2H3/t10-,11?/m1/s1. The number of nitrogens with zero attached hydrogens (tertiary/aromatic N) is 2. The molecule has 1 aliphatic rings. The highest BCUT2D eigenvalue weighted by Crippen LogP contribution is 2.35. The summed E-state index contributed by atoms with van der Waals surface area (Å²) >= 11 is 0. The van der Waals surface area contributed by atoms with Crippen molar-refractivity contribution in [1.82, 2.24) is 9.88 Å². The van der Waals surface area contributed by atoms with E-state index in [0.29, 0.717) is 6.20 Å². The van der Waals surface area contributed by atoms with Gasteiger partial charge >= 0.3 is 12.4 Å². The van der Waals surface area contributed by atoms with Crippen LogP contribution in [0.1, 0.15) is 41.3 Å². The third-order valence-electron chi connectivity index (χ3n) is 5.00. The van der Waals surface area contributed by atoms with E-state index in [-0.39, 0.29) is 30.3 Å². The molecule has 1 aliphatic heterocycles. The first-order valence-electron chi connectivity index (χ1n) is 9.47. The van der Waals surface area contributed by atoms with Crippen molar-refractivity contribution in [3.63, 3.8) is 0 Å². The summed E-state index contributed by atoms with van der Waals surface area (Å²) in [5, 5.41) is 0. The maximum Gasteiger partial charge on any atom is 0.451 e. The average molecular weight is 500 g/mol. The highest BCUT2D eigenvalue weighted by atomic mass is 32.2. The van der Waals surface area contributed by atoms with E-state index in [9.17, 15) is 39.6 Å². The van der Waals surface area contributed by atoms with E-state index in [1.54, 1.807) is 0 Å².